The normalized spacial score (nSPS) is 10.6. The standard InChI is InChI=1S/C17H16N2O3/c1-21-14-4-5-16-15(8-14)13(10-19-16)7-17(20)22-11-12-3-2-6-18-9-12/h2-6,8-10,19H,7,11H2,1H3. The molecule has 5 nitrogen and oxygen atoms in total. The number of esters is 1. The number of hydrogen-bond acceptors (Lipinski definition) is 4. The van der Waals surface area contributed by atoms with E-state index in [1.165, 1.54) is 0 Å². The third-order valence-corrected chi connectivity index (χ3v) is 3.43. The topological polar surface area (TPSA) is 64.2 Å². The molecule has 0 aliphatic heterocycles. The molecule has 0 unspecified atom stereocenters. The second-order valence-corrected chi connectivity index (χ2v) is 4.92. The summed E-state index contributed by atoms with van der Waals surface area (Å²) in [5, 5.41) is 0.970. The first kappa shape index (κ1) is 14.1. The molecule has 0 saturated heterocycles. The lowest BCUT2D eigenvalue weighted by Gasteiger charge is -2.05. The molecule has 0 fully saturated rings. The summed E-state index contributed by atoms with van der Waals surface area (Å²) in [5.41, 5.74) is 2.73. The molecular weight excluding hydrogens is 280 g/mol. The predicted molar refractivity (Wildman–Crippen MR) is 82.6 cm³/mol. The Bertz CT molecular complexity index is 781. The number of aromatic amines is 1. The Labute approximate surface area is 127 Å². The van der Waals surface area contributed by atoms with E-state index >= 15 is 0 Å². The summed E-state index contributed by atoms with van der Waals surface area (Å²) in [5.74, 6) is 0.490. The largest absolute Gasteiger partial charge is 0.497 e. The van der Waals surface area contributed by atoms with E-state index in [1.54, 1.807) is 19.5 Å². The Kier molecular flexibility index (Phi) is 4.05. The smallest absolute Gasteiger partial charge is 0.310 e. The van der Waals surface area contributed by atoms with Gasteiger partial charge in [-0.25, -0.2) is 0 Å². The van der Waals surface area contributed by atoms with Gasteiger partial charge in [-0.3, -0.25) is 9.78 Å². The van der Waals surface area contributed by atoms with Crippen LogP contribution in [0, 0.1) is 0 Å². The van der Waals surface area contributed by atoms with Gasteiger partial charge in [-0.05, 0) is 29.8 Å². The van der Waals surface area contributed by atoms with E-state index in [2.05, 4.69) is 9.97 Å². The van der Waals surface area contributed by atoms with E-state index in [-0.39, 0.29) is 19.0 Å². The lowest BCUT2D eigenvalue weighted by Crippen LogP contribution is -2.07. The summed E-state index contributed by atoms with van der Waals surface area (Å²) in [6, 6.07) is 9.41. The van der Waals surface area contributed by atoms with Gasteiger partial charge in [0, 0.05) is 35.1 Å². The van der Waals surface area contributed by atoms with Gasteiger partial charge >= 0.3 is 5.97 Å². The van der Waals surface area contributed by atoms with Crippen LogP contribution in [0.15, 0.2) is 48.9 Å². The molecule has 3 rings (SSSR count). The second kappa shape index (κ2) is 6.30. The number of ether oxygens (including phenoxy) is 2. The van der Waals surface area contributed by atoms with Crippen molar-refractivity contribution in [3.05, 3.63) is 60.0 Å². The van der Waals surface area contributed by atoms with E-state index in [1.807, 2.05) is 36.5 Å². The van der Waals surface area contributed by atoms with Gasteiger partial charge in [0.2, 0.25) is 0 Å². The lowest BCUT2D eigenvalue weighted by molar-refractivity contribution is -0.144. The molecule has 0 bridgehead atoms. The van der Waals surface area contributed by atoms with Crippen molar-refractivity contribution < 1.29 is 14.3 Å². The van der Waals surface area contributed by atoms with Crippen molar-refractivity contribution in [1.82, 2.24) is 9.97 Å². The maximum Gasteiger partial charge on any atom is 0.310 e. The van der Waals surface area contributed by atoms with Crippen LogP contribution in [0.4, 0.5) is 0 Å². The molecule has 0 aliphatic carbocycles. The van der Waals surface area contributed by atoms with Crippen LogP contribution in [0.1, 0.15) is 11.1 Å². The molecule has 0 radical (unpaired) electrons. The van der Waals surface area contributed by atoms with Crippen LogP contribution in [0.25, 0.3) is 10.9 Å². The van der Waals surface area contributed by atoms with Crippen molar-refractivity contribution in [3.63, 3.8) is 0 Å². The molecule has 1 N–H and O–H groups in total. The van der Waals surface area contributed by atoms with Crippen LogP contribution in [-0.2, 0) is 22.6 Å². The Morgan fingerprint density at radius 1 is 1.32 bits per heavy atom. The molecular formula is C17H16N2O3. The Balaban J connectivity index is 1.68. The van der Waals surface area contributed by atoms with Crippen LogP contribution in [-0.4, -0.2) is 23.0 Å². The summed E-state index contributed by atoms with van der Waals surface area (Å²) in [6.07, 6.45) is 5.41. The Morgan fingerprint density at radius 2 is 2.23 bits per heavy atom. The zero-order valence-corrected chi connectivity index (χ0v) is 12.2. The number of aromatic nitrogens is 2. The molecule has 0 saturated carbocycles. The summed E-state index contributed by atoms with van der Waals surface area (Å²) in [6.45, 7) is 0.234. The highest BCUT2D eigenvalue weighted by Crippen LogP contribution is 2.24. The van der Waals surface area contributed by atoms with E-state index in [9.17, 15) is 4.79 Å². The van der Waals surface area contributed by atoms with Crippen molar-refractivity contribution in [2.24, 2.45) is 0 Å². The van der Waals surface area contributed by atoms with Crippen LogP contribution in [0.3, 0.4) is 0 Å². The molecule has 0 aliphatic rings. The fraction of sp³-hybridized carbons (Fsp3) is 0.176. The van der Waals surface area contributed by atoms with Crippen LogP contribution >= 0.6 is 0 Å². The van der Waals surface area contributed by atoms with E-state index in [0.717, 1.165) is 27.8 Å². The van der Waals surface area contributed by atoms with Gasteiger partial charge in [0.05, 0.1) is 13.5 Å². The summed E-state index contributed by atoms with van der Waals surface area (Å²) >= 11 is 0. The molecule has 5 heteroatoms. The molecule has 0 atom stereocenters. The first-order valence-corrected chi connectivity index (χ1v) is 6.95. The summed E-state index contributed by atoms with van der Waals surface area (Å²) in [4.78, 5) is 19.1. The molecule has 22 heavy (non-hydrogen) atoms. The molecule has 2 heterocycles. The minimum atomic E-state index is -0.271. The number of carbonyl (C=O) groups is 1. The highest BCUT2D eigenvalue weighted by Gasteiger charge is 2.11. The van der Waals surface area contributed by atoms with E-state index < -0.39 is 0 Å². The maximum atomic E-state index is 12.0. The van der Waals surface area contributed by atoms with Crippen LogP contribution < -0.4 is 4.74 Å². The minimum absolute atomic E-state index is 0.216. The number of carbonyl (C=O) groups excluding carboxylic acids is 1. The molecule has 2 aromatic heterocycles. The average molecular weight is 296 g/mol. The maximum absolute atomic E-state index is 12.0. The predicted octanol–water partition coefficient (Wildman–Crippen LogP) is 2.86. The summed E-state index contributed by atoms with van der Waals surface area (Å²) in [7, 11) is 1.62. The van der Waals surface area contributed by atoms with Gasteiger partial charge in [0.15, 0.2) is 0 Å². The number of benzene rings is 1. The first-order valence-electron chi connectivity index (χ1n) is 6.95. The SMILES string of the molecule is COc1ccc2[nH]cc(CC(=O)OCc3cccnc3)c2c1. The number of nitrogens with one attached hydrogen (secondary N) is 1. The van der Waals surface area contributed by atoms with E-state index in [4.69, 9.17) is 9.47 Å². The van der Waals surface area contributed by atoms with Crippen molar-refractivity contribution in [2.75, 3.05) is 7.11 Å². The van der Waals surface area contributed by atoms with Gasteiger partial charge in [-0.15, -0.1) is 0 Å². The third-order valence-electron chi connectivity index (χ3n) is 3.43. The first-order chi connectivity index (χ1) is 10.8. The quantitative estimate of drug-likeness (QED) is 0.735. The fourth-order valence-corrected chi connectivity index (χ4v) is 2.28. The van der Waals surface area contributed by atoms with Gasteiger partial charge in [0.1, 0.15) is 12.4 Å². The fourth-order valence-electron chi connectivity index (χ4n) is 2.28. The zero-order valence-electron chi connectivity index (χ0n) is 12.2. The monoisotopic (exact) mass is 296 g/mol. The molecule has 0 amide bonds. The molecule has 112 valence electrons. The number of pyridine rings is 1. The zero-order chi connectivity index (χ0) is 15.4. The van der Waals surface area contributed by atoms with Crippen molar-refractivity contribution in [1.29, 1.82) is 0 Å². The van der Waals surface area contributed by atoms with Crippen molar-refractivity contribution in [3.8, 4) is 5.75 Å². The molecule has 1 aromatic carbocycles. The third kappa shape index (κ3) is 3.09. The molecule has 0 spiro atoms. The number of nitrogens with zero attached hydrogens (tertiary/aromatic N) is 1. The molecule has 3 aromatic rings. The second-order valence-electron chi connectivity index (χ2n) is 4.92. The van der Waals surface area contributed by atoms with Crippen molar-refractivity contribution in [2.45, 2.75) is 13.0 Å². The van der Waals surface area contributed by atoms with Gasteiger partial charge in [0.25, 0.3) is 0 Å². The minimum Gasteiger partial charge on any atom is -0.497 e. The number of rotatable bonds is 5. The Hall–Kier alpha value is -2.82. The van der Waals surface area contributed by atoms with Crippen LogP contribution in [0.5, 0.6) is 5.75 Å². The number of methoxy groups -OCH3 is 1. The Morgan fingerprint density at radius 3 is 3.00 bits per heavy atom. The van der Waals surface area contributed by atoms with Gasteiger partial charge in [-0.1, -0.05) is 6.07 Å². The average Bonchev–Trinajstić information content (AvgIpc) is 2.96. The number of fused-ring (bicyclic) bond motifs is 1. The van der Waals surface area contributed by atoms with Crippen LogP contribution in [0.2, 0.25) is 0 Å². The summed E-state index contributed by atoms with van der Waals surface area (Å²) < 4.78 is 10.5. The van der Waals surface area contributed by atoms with Crippen molar-refractivity contribution >= 4 is 16.9 Å². The van der Waals surface area contributed by atoms with E-state index in [0.29, 0.717) is 0 Å². The highest BCUT2D eigenvalue weighted by atomic mass is 16.5. The number of hydrogen-bond donors (Lipinski definition) is 1. The number of H-pyrrole nitrogens is 1. The lowest BCUT2D eigenvalue weighted by atomic mass is 10.1. The highest BCUT2D eigenvalue weighted by molar-refractivity contribution is 5.88. The van der Waals surface area contributed by atoms with Gasteiger partial charge in [-0.2, -0.15) is 0 Å². The van der Waals surface area contributed by atoms with Gasteiger partial charge < -0.3 is 14.5 Å².